The van der Waals surface area contributed by atoms with Crippen molar-refractivity contribution in [2.24, 2.45) is 0 Å². The highest BCUT2D eigenvalue weighted by molar-refractivity contribution is 6.30. The number of aryl methyl sites for hydroxylation is 1. The van der Waals surface area contributed by atoms with Crippen molar-refractivity contribution >= 4 is 17.6 Å². The second kappa shape index (κ2) is 5.73. The number of nitrogens with one attached hydrogen (secondary N) is 1. The molecule has 4 heteroatoms. The van der Waals surface area contributed by atoms with Gasteiger partial charge >= 0.3 is 5.97 Å². The third kappa shape index (κ3) is 3.90. The first kappa shape index (κ1) is 12.0. The topological polar surface area (TPSA) is 49.3 Å². The summed E-state index contributed by atoms with van der Waals surface area (Å²) in [6.07, 6.45) is 1.31. The monoisotopic (exact) mass is 227 g/mol. The van der Waals surface area contributed by atoms with E-state index >= 15 is 0 Å². The number of likely N-dealkylation sites (N-methyl/N-ethyl adjacent to an activating group) is 1. The Morgan fingerprint density at radius 1 is 1.47 bits per heavy atom. The molecule has 1 atom stereocenters. The summed E-state index contributed by atoms with van der Waals surface area (Å²) in [5.74, 6) is -0.813. The van der Waals surface area contributed by atoms with Crippen LogP contribution in [0, 0.1) is 0 Å². The van der Waals surface area contributed by atoms with Gasteiger partial charge < -0.3 is 10.4 Å². The highest BCUT2D eigenvalue weighted by Crippen LogP contribution is 2.11. The van der Waals surface area contributed by atoms with E-state index in [0.717, 1.165) is 12.0 Å². The summed E-state index contributed by atoms with van der Waals surface area (Å²) >= 11 is 5.75. The first-order valence-electron chi connectivity index (χ1n) is 4.78. The number of carboxylic acid groups (broad SMARTS) is 1. The Balaban J connectivity index is 2.49. The van der Waals surface area contributed by atoms with Gasteiger partial charge in [0.25, 0.3) is 0 Å². The number of hydrogen-bond acceptors (Lipinski definition) is 2. The molecule has 0 radical (unpaired) electrons. The van der Waals surface area contributed by atoms with Crippen molar-refractivity contribution in [3.8, 4) is 0 Å². The van der Waals surface area contributed by atoms with Crippen molar-refractivity contribution in [1.29, 1.82) is 0 Å². The predicted octanol–water partition coefficient (Wildman–Crippen LogP) is 1.95. The molecule has 0 aliphatic carbocycles. The maximum absolute atomic E-state index is 10.7. The minimum absolute atomic E-state index is 0.485. The smallest absolute Gasteiger partial charge is 0.320 e. The van der Waals surface area contributed by atoms with Crippen LogP contribution >= 0.6 is 11.6 Å². The van der Waals surface area contributed by atoms with E-state index in [1.54, 1.807) is 7.05 Å². The Morgan fingerprint density at radius 3 is 2.53 bits per heavy atom. The molecule has 0 heterocycles. The fraction of sp³-hybridized carbons (Fsp3) is 0.364. The zero-order chi connectivity index (χ0) is 11.3. The summed E-state index contributed by atoms with van der Waals surface area (Å²) in [5, 5.41) is 12.3. The Hall–Kier alpha value is -1.06. The quantitative estimate of drug-likeness (QED) is 0.809. The van der Waals surface area contributed by atoms with Crippen molar-refractivity contribution in [2.45, 2.75) is 18.9 Å². The largest absolute Gasteiger partial charge is 0.480 e. The van der Waals surface area contributed by atoms with Gasteiger partial charge in [-0.1, -0.05) is 23.7 Å². The molecule has 1 aromatic rings. The number of halogens is 1. The van der Waals surface area contributed by atoms with Gasteiger partial charge in [0.15, 0.2) is 0 Å². The van der Waals surface area contributed by atoms with Crippen LogP contribution in [0.2, 0.25) is 5.02 Å². The van der Waals surface area contributed by atoms with E-state index in [1.807, 2.05) is 24.3 Å². The second-order valence-corrected chi connectivity index (χ2v) is 3.78. The molecule has 0 aromatic heterocycles. The van der Waals surface area contributed by atoms with Crippen molar-refractivity contribution in [2.75, 3.05) is 7.05 Å². The maximum atomic E-state index is 10.7. The molecule has 0 fully saturated rings. The highest BCUT2D eigenvalue weighted by Gasteiger charge is 2.13. The van der Waals surface area contributed by atoms with Crippen LogP contribution in [0.25, 0.3) is 0 Å². The van der Waals surface area contributed by atoms with Gasteiger partial charge in [0.1, 0.15) is 6.04 Å². The van der Waals surface area contributed by atoms with Crippen molar-refractivity contribution in [1.82, 2.24) is 5.32 Å². The van der Waals surface area contributed by atoms with Crippen LogP contribution in [-0.4, -0.2) is 24.2 Å². The summed E-state index contributed by atoms with van der Waals surface area (Å²) in [6, 6.07) is 6.96. The van der Waals surface area contributed by atoms with Crippen LogP contribution in [-0.2, 0) is 11.2 Å². The van der Waals surface area contributed by atoms with Crippen molar-refractivity contribution < 1.29 is 9.90 Å². The summed E-state index contributed by atoms with van der Waals surface area (Å²) in [4.78, 5) is 10.7. The molecule has 1 rings (SSSR count). The zero-order valence-electron chi connectivity index (χ0n) is 8.53. The molecule has 0 spiro atoms. The molecule has 0 unspecified atom stereocenters. The Morgan fingerprint density at radius 2 is 2.07 bits per heavy atom. The van der Waals surface area contributed by atoms with E-state index in [-0.39, 0.29) is 0 Å². The standard InChI is InChI=1S/C11H14ClNO2/c1-13-10(11(14)15)7-4-8-2-5-9(12)6-3-8/h2-3,5-6,10,13H,4,7H2,1H3,(H,14,15)/t10-/m0/s1. The van der Waals surface area contributed by atoms with E-state index in [1.165, 1.54) is 0 Å². The summed E-state index contributed by atoms with van der Waals surface area (Å²) in [6.45, 7) is 0. The first-order valence-corrected chi connectivity index (χ1v) is 5.16. The van der Waals surface area contributed by atoms with E-state index in [9.17, 15) is 4.79 Å². The van der Waals surface area contributed by atoms with Gasteiger partial charge in [0.05, 0.1) is 0 Å². The fourth-order valence-electron chi connectivity index (χ4n) is 1.35. The minimum atomic E-state index is -0.813. The molecule has 82 valence electrons. The molecule has 0 aliphatic rings. The average molecular weight is 228 g/mol. The minimum Gasteiger partial charge on any atom is -0.480 e. The number of rotatable bonds is 5. The summed E-state index contributed by atoms with van der Waals surface area (Å²) in [5.41, 5.74) is 1.10. The van der Waals surface area contributed by atoms with Crippen LogP contribution in [0.4, 0.5) is 0 Å². The molecule has 0 aliphatic heterocycles. The van der Waals surface area contributed by atoms with Gasteiger partial charge in [-0.05, 0) is 37.6 Å². The fourth-order valence-corrected chi connectivity index (χ4v) is 1.48. The molecule has 0 saturated heterocycles. The van der Waals surface area contributed by atoms with Crippen LogP contribution < -0.4 is 5.32 Å². The zero-order valence-corrected chi connectivity index (χ0v) is 9.29. The first-order chi connectivity index (χ1) is 7.13. The number of carboxylic acids is 1. The van der Waals surface area contributed by atoms with Crippen LogP contribution in [0.15, 0.2) is 24.3 Å². The van der Waals surface area contributed by atoms with Crippen molar-refractivity contribution in [3.63, 3.8) is 0 Å². The third-order valence-corrected chi connectivity index (χ3v) is 2.53. The van der Waals surface area contributed by atoms with E-state index < -0.39 is 12.0 Å². The molecular formula is C11H14ClNO2. The lowest BCUT2D eigenvalue weighted by Crippen LogP contribution is -2.34. The van der Waals surface area contributed by atoms with E-state index in [2.05, 4.69) is 5.32 Å². The second-order valence-electron chi connectivity index (χ2n) is 3.34. The molecule has 3 nitrogen and oxygen atoms in total. The van der Waals surface area contributed by atoms with E-state index in [0.29, 0.717) is 11.4 Å². The lowest BCUT2D eigenvalue weighted by atomic mass is 10.1. The van der Waals surface area contributed by atoms with Gasteiger partial charge in [-0.25, -0.2) is 0 Å². The summed E-state index contributed by atoms with van der Waals surface area (Å²) < 4.78 is 0. The maximum Gasteiger partial charge on any atom is 0.320 e. The lowest BCUT2D eigenvalue weighted by molar-refractivity contribution is -0.139. The Kier molecular flexibility index (Phi) is 4.59. The van der Waals surface area contributed by atoms with E-state index in [4.69, 9.17) is 16.7 Å². The number of benzene rings is 1. The molecule has 0 amide bonds. The molecular weight excluding hydrogens is 214 g/mol. The van der Waals surface area contributed by atoms with Gasteiger partial charge in [-0.3, -0.25) is 4.79 Å². The lowest BCUT2D eigenvalue weighted by Gasteiger charge is -2.10. The van der Waals surface area contributed by atoms with Crippen LogP contribution in [0.3, 0.4) is 0 Å². The third-order valence-electron chi connectivity index (χ3n) is 2.28. The van der Waals surface area contributed by atoms with Gasteiger partial charge in [-0.15, -0.1) is 0 Å². The SMILES string of the molecule is CN[C@@H](CCc1ccc(Cl)cc1)C(=O)O. The predicted molar refractivity (Wildman–Crippen MR) is 60.3 cm³/mol. The van der Waals surface area contributed by atoms with Crippen LogP contribution in [0.5, 0.6) is 0 Å². The Bertz CT molecular complexity index is 324. The molecule has 1 aromatic carbocycles. The molecule has 2 N–H and O–H groups in total. The van der Waals surface area contributed by atoms with Crippen molar-refractivity contribution in [3.05, 3.63) is 34.9 Å². The average Bonchev–Trinajstić information content (AvgIpc) is 2.21. The van der Waals surface area contributed by atoms with Crippen LogP contribution in [0.1, 0.15) is 12.0 Å². The Labute approximate surface area is 94.1 Å². The normalized spacial score (nSPS) is 12.4. The molecule has 15 heavy (non-hydrogen) atoms. The number of hydrogen-bond donors (Lipinski definition) is 2. The number of carbonyl (C=O) groups is 1. The van der Waals surface area contributed by atoms with Gasteiger partial charge in [0, 0.05) is 5.02 Å². The number of aliphatic carboxylic acids is 1. The highest BCUT2D eigenvalue weighted by atomic mass is 35.5. The molecule has 0 saturated carbocycles. The van der Waals surface area contributed by atoms with Gasteiger partial charge in [-0.2, -0.15) is 0 Å². The van der Waals surface area contributed by atoms with Gasteiger partial charge in [0.2, 0.25) is 0 Å². The molecule has 0 bridgehead atoms. The summed E-state index contributed by atoms with van der Waals surface area (Å²) in [7, 11) is 1.65.